The van der Waals surface area contributed by atoms with E-state index in [0.29, 0.717) is 33.4 Å². The van der Waals surface area contributed by atoms with Crippen LogP contribution in [0.25, 0.3) is 22.6 Å². The third-order valence-electron chi connectivity index (χ3n) is 6.51. The van der Waals surface area contributed by atoms with Gasteiger partial charge in [-0.25, -0.2) is 24.0 Å². The maximum Gasteiger partial charge on any atom is 0.235 e. The van der Waals surface area contributed by atoms with Crippen LogP contribution in [0.1, 0.15) is 41.0 Å². The number of halogens is 1. The number of hydrogen-bond acceptors (Lipinski definition) is 7. The molecule has 6 rings (SSSR count). The Labute approximate surface area is 210 Å². The second kappa shape index (κ2) is 8.40. The van der Waals surface area contributed by atoms with Gasteiger partial charge in [0.25, 0.3) is 0 Å². The number of benzene rings is 1. The number of carbonyl (C=O) groups excluding carboxylic acids is 2. The molecule has 1 aliphatic heterocycles. The Morgan fingerprint density at radius 1 is 1.14 bits per heavy atom. The van der Waals surface area contributed by atoms with Gasteiger partial charge in [0.15, 0.2) is 17.3 Å². The van der Waals surface area contributed by atoms with Crippen LogP contribution < -0.4 is 5.32 Å². The Kier molecular flexibility index (Phi) is 5.14. The lowest BCUT2D eigenvalue weighted by Crippen LogP contribution is -2.29. The fourth-order valence-electron chi connectivity index (χ4n) is 4.54. The first-order valence-electron chi connectivity index (χ1n) is 11.6. The number of nitrogens with one attached hydrogen (secondary N) is 2. The number of aromatic nitrogens is 7. The Morgan fingerprint density at radius 2 is 1.97 bits per heavy atom. The van der Waals surface area contributed by atoms with E-state index < -0.39 is 5.41 Å². The highest BCUT2D eigenvalue weighted by atomic mass is 19.1. The second-order valence-electron chi connectivity index (χ2n) is 9.38. The van der Waals surface area contributed by atoms with Crippen molar-refractivity contribution in [3.63, 3.8) is 0 Å². The van der Waals surface area contributed by atoms with Gasteiger partial charge in [0.05, 0.1) is 23.5 Å². The van der Waals surface area contributed by atoms with Crippen molar-refractivity contribution in [3.05, 3.63) is 83.2 Å². The normalized spacial score (nSPS) is 14.1. The maximum atomic E-state index is 14.4. The molecule has 0 saturated heterocycles. The minimum atomic E-state index is -0.997. The van der Waals surface area contributed by atoms with Gasteiger partial charge in [-0.3, -0.25) is 14.7 Å². The minimum absolute atomic E-state index is 0.0493. The zero-order valence-corrected chi connectivity index (χ0v) is 20.0. The van der Waals surface area contributed by atoms with Crippen LogP contribution in [-0.4, -0.2) is 46.6 Å². The molecule has 184 valence electrons. The van der Waals surface area contributed by atoms with Crippen molar-refractivity contribution >= 4 is 28.5 Å². The highest BCUT2D eigenvalue weighted by Crippen LogP contribution is 2.40. The van der Waals surface area contributed by atoms with E-state index in [1.165, 1.54) is 6.07 Å². The van der Waals surface area contributed by atoms with Gasteiger partial charge >= 0.3 is 0 Å². The van der Waals surface area contributed by atoms with Gasteiger partial charge in [-0.1, -0.05) is 18.2 Å². The first-order valence-corrected chi connectivity index (χ1v) is 11.6. The average Bonchev–Trinajstić information content (AvgIpc) is 3.58. The molecule has 2 N–H and O–H groups in total. The second-order valence-corrected chi connectivity index (χ2v) is 9.38. The van der Waals surface area contributed by atoms with Crippen molar-refractivity contribution in [2.75, 3.05) is 5.32 Å². The molecule has 0 spiro atoms. The highest BCUT2D eigenvalue weighted by molar-refractivity contribution is 6.10. The molecule has 0 fully saturated rings. The molecule has 0 radical (unpaired) electrons. The summed E-state index contributed by atoms with van der Waals surface area (Å²) >= 11 is 0. The number of fused-ring (bicyclic) bond motifs is 2. The molecule has 1 aliphatic rings. The zero-order chi connectivity index (χ0) is 25.7. The monoisotopic (exact) mass is 496 g/mol. The molecule has 5 heterocycles. The summed E-state index contributed by atoms with van der Waals surface area (Å²) in [6.07, 6.45) is 4.88. The number of anilines is 1. The number of carbonyl (C=O) groups is 2. The summed E-state index contributed by atoms with van der Waals surface area (Å²) in [4.78, 5) is 39.9. The van der Waals surface area contributed by atoms with E-state index in [1.807, 2.05) is 6.07 Å². The number of ketones is 1. The highest BCUT2D eigenvalue weighted by Gasteiger charge is 2.44. The third-order valence-corrected chi connectivity index (χ3v) is 6.51. The summed E-state index contributed by atoms with van der Waals surface area (Å²) in [7, 11) is 0. The molecule has 10 nitrogen and oxygen atoms in total. The molecule has 5 aromatic rings. The number of nitrogens with zero attached hydrogens (tertiary/aromatic N) is 6. The SMILES string of the molecule is CC1(C)C(=O)Nc2nc(-c3nn(Cc4ccccc4F)c4ncccc34)nc(C(=O)Cc3cn[nH]c3)c21. The smallest absolute Gasteiger partial charge is 0.235 e. The summed E-state index contributed by atoms with van der Waals surface area (Å²) in [5.74, 6) is -0.467. The number of Topliss-reactive ketones (excluding diaryl/α,β-unsaturated/α-hetero) is 1. The van der Waals surface area contributed by atoms with Crippen molar-refractivity contribution in [3.8, 4) is 11.5 Å². The van der Waals surface area contributed by atoms with Gasteiger partial charge in [-0.2, -0.15) is 10.2 Å². The van der Waals surface area contributed by atoms with Gasteiger partial charge in [-0.05, 0) is 37.6 Å². The van der Waals surface area contributed by atoms with Crippen molar-refractivity contribution in [1.82, 2.24) is 34.9 Å². The van der Waals surface area contributed by atoms with Crippen molar-refractivity contribution in [2.24, 2.45) is 0 Å². The van der Waals surface area contributed by atoms with Crippen LogP contribution in [0, 0.1) is 5.82 Å². The Hall–Kier alpha value is -4.80. The molecule has 4 aromatic heterocycles. The maximum absolute atomic E-state index is 14.4. The molecule has 1 amide bonds. The van der Waals surface area contributed by atoms with E-state index >= 15 is 0 Å². The first kappa shape index (κ1) is 22.7. The van der Waals surface area contributed by atoms with E-state index in [1.54, 1.807) is 61.4 Å². The van der Waals surface area contributed by atoms with Gasteiger partial charge in [0.1, 0.15) is 23.0 Å². The van der Waals surface area contributed by atoms with Crippen LogP contribution in [0.5, 0.6) is 0 Å². The number of aromatic amines is 1. The molecule has 11 heteroatoms. The lowest BCUT2D eigenvalue weighted by molar-refractivity contribution is -0.119. The van der Waals surface area contributed by atoms with Crippen molar-refractivity contribution in [1.29, 1.82) is 0 Å². The first-order chi connectivity index (χ1) is 17.8. The standard InChI is InChI=1S/C26H21FN8O2/c1-26(2)19-21(18(36)10-14-11-29-30-12-14)31-23(32-22(19)33-25(26)37)20-16-7-5-9-28-24(16)35(34-20)13-15-6-3-4-8-17(15)27/h3-9,11-12H,10,13H2,1-2H3,(H,29,30)(H,31,32,33,37). The molecule has 0 bridgehead atoms. The van der Waals surface area contributed by atoms with E-state index in [0.717, 1.165) is 0 Å². The molecule has 0 saturated carbocycles. The summed E-state index contributed by atoms with van der Waals surface area (Å²) in [6.45, 7) is 3.60. The Balaban J connectivity index is 1.51. The predicted octanol–water partition coefficient (Wildman–Crippen LogP) is 3.45. The van der Waals surface area contributed by atoms with E-state index in [9.17, 15) is 14.0 Å². The number of H-pyrrole nitrogens is 1. The van der Waals surface area contributed by atoms with Gasteiger partial charge in [0, 0.05) is 29.9 Å². The number of amides is 1. The average molecular weight is 497 g/mol. The molecule has 0 atom stereocenters. The number of rotatable bonds is 6. The van der Waals surface area contributed by atoms with Crippen LogP contribution in [0.3, 0.4) is 0 Å². The van der Waals surface area contributed by atoms with Crippen LogP contribution in [0.2, 0.25) is 0 Å². The lowest BCUT2D eigenvalue weighted by Gasteiger charge is -2.17. The van der Waals surface area contributed by atoms with Crippen LogP contribution in [0.4, 0.5) is 10.2 Å². The fourth-order valence-corrected chi connectivity index (χ4v) is 4.54. The van der Waals surface area contributed by atoms with E-state index in [4.69, 9.17) is 0 Å². The number of hydrogen-bond donors (Lipinski definition) is 2. The zero-order valence-electron chi connectivity index (χ0n) is 20.0. The van der Waals surface area contributed by atoms with Crippen molar-refractivity contribution in [2.45, 2.75) is 32.2 Å². The van der Waals surface area contributed by atoms with E-state index in [2.05, 4.69) is 35.6 Å². The summed E-state index contributed by atoms with van der Waals surface area (Å²) in [5.41, 5.74) is 1.62. The Morgan fingerprint density at radius 3 is 2.76 bits per heavy atom. The number of pyridine rings is 1. The van der Waals surface area contributed by atoms with Crippen LogP contribution in [-0.2, 0) is 23.2 Å². The molecule has 1 aromatic carbocycles. The van der Waals surface area contributed by atoms with Gasteiger partial charge < -0.3 is 5.32 Å². The fraction of sp³-hybridized carbons (Fsp3) is 0.192. The predicted molar refractivity (Wildman–Crippen MR) is 132 cm³/mol. The molecule has 0 aliphatic carbocycles. The van der Waals surface area contributed by atoms with Gasteiger partial charge in [-0.15, -0.1) is 0 Å². The summed E-state index contributed by atoms with van der Waals surface area (Å²) in [5, 5.41) is 14.7. The Bertz CT molecular complexity index is 1690. The van der Waals surface area contributed by atoms with Gasteiger partial charge in [0.2, 0.25) is 5.91 Å². The minimum Gasteiger partial charge on any atom is -0.310 e. The van der Waals surface area contributed by atoms with E-state index in [-0.39, 0.29) is 47.8 Å². The summed E-state index contributed by atoms with van der Waals surface area (Å²) in [6, 6.07) is 10.0. The molecular weight excluding hydrogens is 475 g/mol. The molecule has 0 unspecified atom stereocenters. The third kappa shape index (κ3) is 3.75. The summed E-state index contributed by atoms with van der Waals surface area (Å²) < 4.78 is 16.0. The molecular formula is C26H21FN8O2. The quantitative estimate of drug-likeness (QED) is 0.344. The van der Waals surface area contributed by atoms with Crippen molar-refractivity contribution < 1.29 is 14.0 Å². The largest absolute Gasteiger partial charge is 0.310 e. The molecule has 37 heavy (non-hydrogen) atoms. The van der Waals surface area contributed by atoms with Crippen LogP contribution in [0.15, 0.2) is 55.0 Å². The topological polar surface area (TPSA) is 131 Å². The lowest BCUT2D eigenvalue weighted by atomic mass is 9.84. The van der Waals surface area contributed by atoms with Crippen LogP contribution >= 0.6 is 0 Å².